The average Bonchev–Trinajstić information content (AvgIpc) is 3.03. The molecular formula is C31H56O14. The van der Waals surface area contributed by atoms with Gasteiger partial charge >= 0.3 is 5.97 Å². The fourth-order valence-electron chi connectivity index (χ4n) is 5.09. The highest BCUT2D eigenvalue weighted by Crippen LogP contribution is 2.26. The van der Waals surface area contributed by atoms with Crippen LogP contribution in [0.15, 0.2) is 12.2 Å². The Morgan fingerprint density at radius 1 is 0.689 bits per heavy atom. The number of aliphatic hydroxyl groups is 8. The third-order valence-electron chi connectivity index (χ3n) is 7.97. The van der Waals surface area contributed by atoms with E-state index in [0.717, 1.165) is 38.5 Å². The molecule has 0 spiro atoms. The first-order valence-electron chi connectivity index (χ1n) is 16.3. The van der Waals surface area contributed by atoms with Gasteiger partial charge in [0.1, 0.15) is 61.5 Å². The highest BCUT2D eigenvalue weighted by atomic mass is 16.7. The molecule has 0 bridgehead atoms. The average molecular weight is 653 g/mol. The van der Waals surface area contributed by atoms with Gasteiger partial charge in [-0.3, -0.25) is 4.79 Å². The van der Waals surface area contributed by atoms with Crippen LogP contribution in [0, 0.1) is 0 Å². The van der Waals surface area contributed by atoms with Gasteiger partial charge in [-0.1, -0.05) is 57.6 Å². The van der Waals surface area contributed by atoms with Crippen LogP contribution < -0.4 is 0 Å². The van der Waals surface area contributed by atoms with Crippen molar-refractivity contribution in [2.24, 2.45) is 0 Å². The Labute approximate surface area is 265 Å². The predicted octanol–water partition coefficient (Wildman–Crippen LogP) is -0.211. The van der Waals surface area contributed by atoms with Crippen LogP contribution in [-0.4, -0.2) is 141 Å². The van der Waals surface area contributed by atoms with Gasteiger partial charge < -0.3 is 64.5 Å². The van der Waals surface area contributed by atoms with Crippen molar-refractivity contribution in [1.82, 2.24) is 0 Å². The molecule has 2 aliphatic rings. The summed E-state index contributed by atoms with van der Waals surface area (Å²) < 4.78 is 26.6. The van der Waals surface area contributed by atoms with Gasteiger partial charge in [-0.2, -0.15) is 0 Å². The van der Waals surface area contributed by atoms with E-state index in [1.807, 2.05) is 0 Å². The Kier molecular flexibility index (Phi) is 19.8. The summed E-state index contributed by atoms with van der Waals surface area (Å²) in [6.45, 7) is 0.265. The monoisotopic (exact) mass is 652 g/mol. The zero-order chi connectivity index (χ0) is 33.2. The maximum Gasteiger partial charge on any atom is 0.305 e. The number of unbranched alkanes of at least 4 members (excludes halogenated alkanes) is 9. The van der Waals surface area contributed by atoms with Crippen molar-refractivity contribution in [2.45, 2.75) is 151 Å². The normalized spacial score (nSPS) is 33.0. The Morgan fingerprint density at radius 2 is 1.22 bits per heavy atom. The molecule has 0 aromatic carbocycles. The number of esters is 1. The molecular weight excluding hydrogens is 596 g/mol. The van der Waals surface area contributed by atoms with E-state index >= 15 is 0 Å². The second-order valence-corrected chi connectivity index (χ2v) is 11.8. The number of aliphatic hydroxyl groups excluding tert-OH is 8. The minimum atomic E-state index is -1.72. The largest absolute Gasteiger partial charge is 0.463 e. The zero-order valence-corrected chi connectivity index (χ0v) is 26.3. The minimum Gasteiger partial charge on any atom is -0.463 e. The van der Waals surface area contributed by atoms with Gasteiger partial charge in [0.2, 0.25) is 0 Å². The number of hydrogen-bond acceptors (Lipinski definition) is 14. The van der Waals surface area contributed by atoms with Crippen LogP contribution in [0.5, 0.6) is 0 Å². The molecule has 11 unspecified atom stereocenters. The van der Waals surface area contributed by atoms with Gasteiger partial charge in [0, 0.05) is 6.42 Å². The Hall–Kier alpha value is -1.27. The quantitative estimate of drug-likeness (QED) is 0.0430. The van der Waals surface area contributed by atoms with Crippen LogP contribution in [0.3, 0.4) is 0 Å². The Balaban J connectivity index is 1.61. The number of carbonyl (C=O) groups excluding carboxylic acids is 1. The smallest absolute Gasteiger partial charge is 0.305 e. The molecule has 14 nitrogen and oxygen atoms in total. The first-order chi connectivity index (χ1) is 21.6. The highest BCUT2D eigenvalue weighted by Gasteiger charge is 2.47. The molecule has 2 heterocycles. The van der Waals surface area contributed by atoms with Gasteiger partial charge in [-0.05, 0) is 32.1 Å². The summed E-state index contributed by atoms with van der Waals surface area (Å²) in [4.78, 5) is 12.0. The fourth-order valence-corrected chi connectivity index (χ4v) is 5.09. The van der Waals surface area contributed by atoms with E-state index in [-0.39, 0.29) is 13.0 Å². The molecule has 11 atom stereocenters. The molecule has 8 N–H and O–H groups in total. The van der Waals surface area contributed by atoms with Gasteiger partial charge in [0.15, 0.2) is 12.6 Å². The molecule has 0 radical (unpaired) electrons. The second kappa shape index (κ2) is 22.3. The van der Waals surface area contributed by atoms with Crippen molar-refractivity contribution in [2.75, 3.05) is 26.4 Å². The highest BCUT2D eigenvalue weighted by molar-refractivity contribution is 5.69. The van der Waals surface area contributed by atoms with E-state index in [2.05, 4.69) is 19.1 Å². The molecule has 45 heavy (non-hydrogen) atoms. The van der Waals surface area contributed by atoms with Crippen LogP contribution in [0.25, 0.3) is 0 Å². The topological polar surface area (TPSA) is 225 Å². The summed E-state index contributed by atoms with van der Waals surface area (Å²) in [7, 11) is 0. The van der Waals surface area contributed by atoms with Crippen molar-refractivity contribution >= 4 is 5.97 Å². The molecule has 0 saturated carbocycles. The molecule has 0 aromatic rings. The summed E-state index contributed by atoms with van der Waals surface area (Å²) in [6.07, 6.45) is 0.187. The predicted molar refractivity (Wildman–Crippen MR) is 160 cm³/mol. The number of ether oxygens (including phenoxy) is 5. The van der Waals surface area contributed by atoms with E-state index < -0.39 is 93.3 Å². The summed E-state index contributed by atoms with van der Waals surface area (Å²) in [5.74, 6) is -0.446. The van der Waals surface area contributed by atoms with Crippen molar-refractivity contribution in [3.63, 3.8) is 0 Å². The van der Waals surface area contributed by atoms with Crippen molar-refractivity contribution in [1.29, 1.82) is 0 Å². The maximum atomic E-state index is 12.0. The van der Waals surface area contributed by atoms with Crippen molar-refractivity contribution in [3.05, 3.63) is 12.2 Å². The van der Waals surface area contributed by atoms with E-state index in [4.69, 9.17) is 23.7 Å². The molecule has 2 saturated heterocycles. The summed E-state index contributed by atoms with van der Waals surface area (Å²) in [5, 5.41) is 80.2. The number of carbonyl (C=O) groups is 1. The van der Waals surface area contributed by atoms with Gasteiger partial charge in [-0.15, -0.1) is 0 Å². The van der Waals surface area contributed by atoms with Crippen LogP contribution >= 0.6 is 0 Å². The van der Waals surface area contributed by atoms with Crippen molar-refractivity contribution in [3.8, 4) is 0 Å². The third kappa shape index (κ3) is 14.2. The van der Waals surface area contributed by atoms with Gasteiger partial charge in [0.25, 0.3) is 0 Å². The molecule has 0 aromatic heterocycles. The molecule has 2 rings (SSSR count). The number of allylic oxidation sites excluding steroid dienone is 2. The van der Waals surface area contributed by atoms with Gasteiger partial charge in [0.05, 0.1) is 19.8 Å². The molecule has 0 aliphatic carbocycles. The summed E-state index contributed by atoms with van der Waals surface area (Å²) in [5.41, 5.74) is 0. The SMILES string of the molecule is CCCCCCC=CCCCCCCCC(=O)OCC(O)COC1OC(COC2OC(CO)C(O)C(O)C2O)C(O)C(O)C1O. The van der Waals surface area contributed by atoms with Crippen LogP contribution in [0.2, 0.25) is 0 Å². The number of hydrogen-bond donors (Lipinski definition) is 8. The standard InChI is InChI=1S/C31H56O14/c1-2-3-4-5-6-7-8-9-10-11-12-13-14-15-23(34)41-17-20(33)18-42-30-29(40)27(38)25(36)22(45-30)19-43-31-28(39)26(37)24(35)21(16-32)44-31/h7-8,20-22,24-33,35-40H,2-6,9-19H2,1H3. The first kappa shape index (κ1) is 39.9. The van der Waals surface area contributed by atoms with Crippen LogP contribution in [0.4, 0.5) is 0 Å². The van der Waals surface area contributed by atoms with E-state index in [1.54, 1.807) is 0 Å². The molecule has 264 valence electrons. The lowest BCUT2D eigenvalue weighted by Crippen LogP contribution is -2.61. The molecule has 2 aliphatic heterocycles. The summed E-state index contributed by atoms with van der Waals surface area (Å²) in [6, 6.07) is 0. The molecule has 14 heteroatoms. The first-order valence-corrected chi connectivity index (χ1v) is 16.3. The minimum absolute atomic E-state index is 0.232. The van der Waals surface area contributed by atoms with Crippen LogP contribution in [0.1, 0.15) is 84.0 Å². The maximum absolute atomic E-state index is 12.0. The lowest BCUT2D eigenvalue weighted by molar-refractivity contribution is -0.332. The van der Waals surface area contributed by atoms with Crippen molar-refractivity contribution < 1.29 is 69.3 Å². The van der Waals surface area contributed by atoms with E-state index in [1.165, 1.54) is 25.7 Å². The lowest BCUT2D eigenvalue weighted by atomic mass is 9.98. The van der Waals surface area contributed by atoms with E-state index in [9.17, 15) is 45.6 Å². The Morgan fingerprint density at radius 3 is 1.84 bits per heavy atom. The lowest BCUT2D eigenvalue weighted by Gasteiger charge is -2.42. The zero-order valence-electron chi connectivity index (χ0n) is 26.3. The Bertz CT molecular complexity index is 813. The summed E-state index contributed by atoms with van der Waals surface area (Å²) >= 11 is 0. The number of rotatable bonds is 22. The molecule has 2 fully saturated rings. The van der Waals surface area contributed by atoms with Gasteiger partial charge in [-0.25, -0.2) is 0 Å². The second-order valence-electron chi connectivity index (χ2n) is 11.8. The third-order valence-corrected chi connectivity index (χ3v) is 7.97. The van der Waals surface area contributed by atoms with E-state index in [0.29, 0.717) is 6.42 Å². The molecule has 0 amide bonds. The van der Waals surface area contributed by atoms with Crippen LogP contribution in [-0.2, 0) is 28.5 Å². The fraction of sp³-hybridized carbons (Fsp3) is 0.903.